The Morgan fingerprint density at radius 1 is 1.21 bits per heavy atom. The van der Waals surface area contributed by atoms with E-state index in [0.717, 1.165) is 24.4 Å². The highest BCUT2D eigenvalue weighted by Gasteiger charge is 2.22. The molecule has 0 radical (unpaired) electrons. The quantitative estimate of drug-likeness (QED) is 0.864. The van der Waals surface area contributed by atoms with Crippen LogP contribution in [0.1, 0.15) is 43.0 Å². The molecule has 1 saturated carbocycles. The number of hydrogen-bond acceptors (Lipinski definition) is 2. The molecular weight excluding hydrogens is 234 g/mol. The second-order valence-corrected chi connectivity index (χ2v) is 5.67. The maximum atomic E-state index is 6.06. The first-order valence-electron chi connectivity index (χ1n) is 7.10. The van der Waals surface area contributed by atoms with Crippen LogP contribution in [0.2, 0.25) is 0 Å². The van der Waals surface area contributed by atoms with Gasteiger partial charge in [0.25, 0.3) is 0 Å². The Morgan fingerprint density at radius 3 is 2.74 bits per heavy atom. The van der Waals surface area contributed by atoms with Crippen molar-refractivity contribution in [2.24, 2.45) is 5.73 Å². The molecule has 100 valence electrons. The van der Waals surface area contributed by atoms with Gasteiger partial charge in [0.05, 0.1) is 11.9 Å². The number of aromatic nitrogens is 2. The highest BCUT2D eigenvalue weighted by atomic mass is 14.9. The van der Waals surface area contributed by atoms with Gasteiger partial charge in [-0.25, -0.2) is 4.98 Å². The fraction of sp³-hybridized carbons (Fsp3) is 0.438. The van der Waals surface area contributed by atoms with E-state index in [-0.39, 0.29) is 0 Å². The Kier molecular flexibility index (Phi) is 3.38. The molecule has 1 aliphatic rings. The fourth-order valence-electron chi connectivity index (χ4n) is 2.90. The van der Waals surface area contributed by atoms with Gasteiger partial charge in [-0.1, -0.05) is 36.2 Å². The van der Waals surface area contributed by atoms with Gasteiger partial charge >= 0.3 is 0 Å². The van der Waals surface area contributed by atoms with Crippen molar-refractivity contribution in [1.82, 2.24) is 9.97 Å². The first-order chi connectivity index (χ1) is 9.22. The van der Waals surface area contributed by atoms with Crippen molar-refractivity contribution in [2.75, 3.05) is 0 Å². The normalized spacial score (nSPS) is 23.5. The molecule has 3 N–H and O–H groups in total. The monoisotopic (exact) mass is 255 g/mol. The average Bonchev–Trinajstić information content (AvgIpc) is 2.89. The van der Waals surface area contributed by atoms with E-state index < -0.39 is 0 Å². The van der Waals surface area contributed by atoms with Crippen LogP contribution in [0, 0.1) is 6.92 Å². The molecule has 0 aliphatic heterocycles. The summed E-state index contributed by atoms with van der Waals surface area (Å²) in [6.07, 6.45) is 6.57. The predicted molar refractivity (Wildman–Crippen MR) is 77.9 cm³/mol. The third kappa shape index (κ3) is 2.71. The zero-order valence-electron chi connectivity index (χ0n) is 11.4. The van der Waals surface area contributed by atoms with Crippen molar-refractivity contribution in [3.05, 3.63) is 41.9 Å². The maximum Gasteiger partial charge on any atom is 0.109 e. The van der Waals surface area contributed by atoms with Crippen LogP contribution in [-0.4, -0.2) is 16.0 Å². The van der Waals surface area contributed by atoms with Crippen LogP contribution >= 0.6 is 0 Å². The Morgan fingerprint density at radius 2 is 2.00 bits per heavy atom. The number of benzene rings is 1. The number of rotatable bonds is 2. The van der Waals surface area contributed by atoms with Crippen molar-refractivity contribution in [2.45, 2.75) is 44.6 Å². The standard InChI is InChI=1S/C16H21N3/c1-11-5-7-12(8-6-11)15-10-18-16(19-15)13-3-2-4-14(17)9-13/h5-8,10,13-14H,2-4,9,17H2,1H3,(H,18,19). The van der Waals surface area contributed by atoms with Crippen LogP contribution in [0.15, 0.2) is 30.5 Å². The zero-order chi connectivity index (χ0) is 13.2. The van der Waals surface area contributed by atoms with Crippen molar-refractivity contribution < 1.29 is 0 Å². The molecule has 2 atom stereocenters. The van der Waals surface area contributed by atoms with Crippen LogP contribution in [0.3, 0.4) is 0 Å². The van der Waals surface area contributed by atoms with Crippen LogP contribution < -0.4 is 5.73 Å². The van der Waals surface area contributed by atoms with Crippen molar-refractivity contribution in [1.29, 1.82) is 0 Å². The van der Waals surface area contributed by atoms with Gasteiger partial charge in [-0.05, 0) is 31.7 Å². The van der Waals surface area contributed by atoms with E-state index in [0.29, 0.717) is 12.0 Å². The van der Waals surface area contributed by atoms with E-state index in [1.807, 2.05) is 6.20 Å². The Labute approximate surface area is 114 Å². The van der Waals surface area contributed by atoms with Gasteiger partial charge in [0, 0.05) is 12.0 Å². The Balaban J connectivity index is 1.81. The van der Waals surface area contributed by atoms with E-state index in [2.05, 4.69) is 41.2 Å². The van der Waals surface area contributed by atoms with E-state index in [4.69, 9.17) is 5.73 Å². The molecule has 0 saturated heterocycles. The molecule has 3 nitrogen and oxygen atoms in total. The molecule has 1 heterocycles. The molecule has 1 aliphatic carbocycles. The Bertz CT molecular complexity index is 541. The topological polar surface area (TPSA) is 54.7 Å². The number of H-pyrrole nitrogens is 1. The molecule has 3 rings (SSSR count). The lowest BCUT2D eigenvalue weighted by Crippen LogP contribution is -2.27. The van der Waals surface area contributed by atoms with Gasteiger partial charge in [-0.2, -0.15) is 0 Å². The predicted octanol–water partition coefficient (Wildman–Crippen LogP) is 3.37. The van der Waals surface area contributed by atoms with E-state index in [9.17, 15) is 0 Å². The summed E-state index contributed by atoms with van der Waals surface area (Å²) in [4.78, 5) is 8.03. The lowest BCUT2D eigenvalue weighted by molar-refractivity contribution is 0.383. The smallest absolute Gasteiger partial charge is 0.109 e. The minimum Gasteiger partial charge on any atom is -0.342 e. The number of hydrogen-bond donors (Lipinski definition) is 2. The number of nitrogens with one attached hydrogen (secondary N) is 1. The molecule has 1 aromatic carbocycles. The van der Waals surface area contributed by atoms with Gasteiger partial charge < -0.3 is 10.7 Å². The highest BCUT2D eigenvalue weighted by Crippen LogP contribution is 2.31. The molecule has 0 bridgehead atoms. The third-order valence-electron chi connectivity index (χ3n) is 4.06. The summed E-state index contributed by atoms with van der Waals surface area (Å²) in [5, 5.41) is 0. The molecule has 19 heavy (non-hydrogen) atoms. The van der Waals surface area contributed by atoms with Gasteiger partial charge in [-0.3, -0.25) is 0 Å². The highest BCUT2D eigenvalue weighted by molar-refractivity contribution is 5.58. The van der Waals surface area contributed by atoms with Crippen LogP contribution in [0.25, 0.3) is 11.3 Å². The molecule has 0 spiro atoms. The van der Waals surface area contributed by atoms with Crippen molar-refractivity contribution in [3.63, 3.8) is 0 Å². The van der Waals surface area contributed by atoms with Crippen molar-refractivity contribution in [3.8, 4) is 11.3 Å². The lowest BCUT2D eigenvalue weighted by atomic mass is 9.86. The second-order valence-electron chi connectivity index (χ2n) is 5.67. The minimum atomic E-state index is 0.340. The first-order valence-corrected chi connectivity index (χ1v) is 7.10. The number of nitrogens with two attached hydrogens (primary N) is 1. The SMILES string of the molecule is Cc1ccc(-c2cnc(C3CCCC(N)C3)[nH]2)cc1. The third-order valence-corrected chi connectivity index (χ3v) is 4.06. The molecule has 0 amide bonds. The zero-order valence-corrected chi connectivity index (χ0v) is 11.4. The molecule has 3 heteroatoms. The van der Waals surface area contributed by atoms with E-state index in [1.165, 1.54) is 24.0 Å². The summed E-state index contributed by atoms with van der Waals surface area (Å²) < 4.78 is 0. The fourth-order valence-corrected chi connectivity index (χ4v) is 2.90. The van der Waals surface area contributed by atoms with Gasteiger partial charge in [0.1, 0.15) is 5.82 Å². The van der Waals surface area contributed by atoms with Crippen LogP contribution in [0.5, 0.6) is 0 Å². The molecule has 1 fully saturated rings. The number of imidazole rings is 1. The van der Waals surface area contributed by atoms with Gasteiger partial charge in [-0.15, -0.1) is 0 Å². The largest absolute Gasteiger partial charge is 0.342 e. The molecule has 1 aromatic heterocycles. The van der Waals surface area contributed by atoms with Gasteiger partial charge in [0.2, 0.25) is 0 Å². The molecule has 2 aromatic rings. The number of nitrogens with zero attached hydrogens (tertiary/aromatic N) is 1. The van der Waals surface area contributed by atoms with E-state index in [1.54, 1.807) is 0 Å². The minimum absolute atomic E-state index is 0.340. The van der Waals surface area contributed by atoms with Crippen LogP contribution in [-0.2, 0) is 0 Å². The van der Waals surface area contributed by atoms with Crippen molar-refractivity contribution >= 4 is 0 Å². The summed E-state index contributed by atoms with van der Waals surface area (Å²) in [6.45, 7) is 2.10. The summed E-state index contributed by atoms with van der Waals surface area (Å²) in [7, 11) is 0. The number of aryl methyl sites for hydroxylation is 1. The summed E-state index contributed by atoms with van der Waals surface area (Å²) in [6, 6.07) is 8.88. The lowest BCUT2D eigenvalue weighted by Gasteiger charge is -2.24. The summed E-state index contributed by atoms with van der Waals surface area (Å²) >= 11 is 0. The molecular formula is C16H21N3. The van der Waals surface area contributed by atoms with Gasteiger partial charge in [0.15, 0.2) is 0 Å². The second kappa shape index (κ2) is 5.17. The van der Waals surface area contributed by atoms with Crippen LogP contribution in [0.4, 0.5) is 0 Å². The first kappa shape index (κ1) is 12.4. The summed E-state index contributed by atoms with van der Waals surface area (Å²) in [5.41, 5.74) is 9.64. The average molecular weight is 255 g/mol. The summed E-state index contributed by atoms with van der Waals surface area (Å²) in [5.74, 6) is 1.61. The van der Waals surface area contributed by atoms with E-state index >= 15 is 0 Å². The number of aromatic amines is 1. The Hall–Kier alpha value is -1.61. The maximum absolute atomic E-state index is 6.06. The molecule has 2 unspecified atom stereocenters.